The molecular weight excluding hydrogens is 360 g/mol. The first-order valence-electron chi connectivity index (χ1n) is 8.29. The Bertz CT molecular complexity index is 1030. The normalized spacial score (nSPS) is 10.0. The largest absolute Gasteiger partial charge is 0.355 e. The molecule has 1 aromatic carbocycles. The first kappa shape index (κ1) is 18.4. The van der Waals surface area contributed by atoms with E-state index in [9.17, 15) is 9.59 Å². The number of rotatable bonds is 4. The van der Waals surface area contributed by atoms with Crippen LogP contribution >= 0.6 is 11.3 Å². The van der Waals surface area contributed by atoms with Gasteiger partial charge in [-0.2, -0.15) is 0 Å². The van der Waals surface area contributed by atoms with Gasteiger partial charge in [-0.3, -0.25) is 9.59 Å². The lowest BCUT2D eigenvalue weighted by Crippen LogP contribution is -2.23. The standard InChI is InChI=1S/C20H18N4O2S/c1-14-17(27-20(23-14)24-12-5-6-13-24)19(26)22-11-7-9-15-8-3-4-10-16(15)18(25)21-2/h3-6,8,10,12-13H,11H2,1-2H3,(H,21,25)(H,22,26). The van der Waals surface area contributed by atoms with Crippen LogP contribution in [-0.4, -0.2) is 35.0 Å². The minimum atomic E-state index is -0.211. The van der Waals surface area contributed by atoms with E-state index in [4.69, 9.17) is 0 Å². The van der Waals surface area contributed by atoms with E-state index in [1.807, 2.05) is 42.1 Å². The van der Waals surface area contributed by atoms with E-state index in [1.54, 1.807) is 25.2 Å². The van der Waals surface area contributed by atoms with Crippen molar-refractivity contribution in [3.05, 3.63) is 70.5 Å². The summed E-state index contributed by atoms with van der Waals surface area (Å²) in [4.78, 5) is 29.2. The molecule has 0 unspecified atom stereocenters. The summed E-state index contributed by atoms with van der Waals surface area (Å²) < 4.78 is 1.87. The summed E-state index contributed by atoms with van der Waals surface area (Å²) in [6, 6.07) is 10.9. The van der Waals surface area contributed by atoms with Crippen LogP contribution < -0.4 is 10.6 Å². The fourth-order valence-electron chi connectivity index (χ4n) is 2.43. The Morgan fingerprint density at radius 3 is 2.63 bits per heavy atom. The Morgan fingerprint density at radius 1 is 1.15 bits per heavy atom. The molecule has 6 nitrogen and oxygen atoms in total. The number of thiazole rings is 1. The molecule has 2 heterocycles. The Hall–Kier alpha value is -3.37. The number of aryl methyl sites for hydroxylation is 1. The van der Waals surface area contributed by atoms with E-state index >= 15 is 0 Å². The monoisotopic (exact) mass is 378 g/mol. The number of aromatic nitrogens is 2. The molecule has 3 aromatic rings. The van der Waals surface area contributed by atoms with Gasteiger partial charge in [0.1, 0.15) is 4.88 Å². The second-order valence-electron chi connectivity index (χ2n) is 5.61. The third-order valence-electron chi connectivity index (χ3n) is 3.78. The second kappa shape index (κ2) is 8.34. The number of hydrogen-bond acceptors (Lipinski definition) is 4. The van der Waals surface area contributed by atoms with Crippen LogP contribution in [0.15, 0.2) is 48.8 Å². The summed E-state index contributed by atoms with van der Waals surface area (Å²) in [5.74, 6) is 5.42. The fraction of sp³-hybridized carbons (Fsp3) is 0.150. The number of benzene rings is 1. The molecule has 0 bridgehead atoms. The van der Waals surface area contributed by atoms with Gasteiger partial charge in [-0.1, -0.05) is 35.3 Å². The van der Waals surface area contributed by atoms with E-state index in [1.165, 1.54) is 11.3 Å². The van der Waals surface area contributed by atoms with Crippen molar-refractivity contribution in [1.82, 2.24) is 20.2 Å². The number of nitrogens with one attached hydrogen (secondary N) is 2. The average Bonchev–Trinajstić information content (AvgIpc) is 3.34. The van der Waals surface area contributed by atoms with Crippen LogP contribution in [0.4, 0.5) is 0 Å². The fourth-order valence-corrected chi connectivity index (χ4v) is 3.38. The molecule has 3 rings (SSSR count). The maximum Gasteiger partial charge on any atom is 0.264 e. The lowest BCUT2D eigenvalue weighted by molar-refractivity contribution is 0.0954. The van der Waals surface area contributed by atoms with Crippen molar-refractivity contribution < 1.29 is 9.59 Å². The second-order valence-corrected chi connectivity index (χ2v) is 6.59. The van der Waals surface area contributed by atoms with E-state index in [0.29, 0.717) is 21.7 Å². The van der Waals surface area contributed by atoms with Crippen LogP contribution in [0.1, 0.15) is 31.3 Å². The Kier molecular flexibility index (Phi) is 5.69. The van der Waals surface area contributed by atoms with Gasteiger partial charge in [-0.25, -0.2) is 4.98 Å². The number of amides is 2. The highest BCUT2D eigenvalue weighted by Gasteiger charge is 2.15. The Balaban J connectivity index is 1.67. The summed E-state index contributed by atoms with van der Waals surface area (Å²) in [6.45, 7) is 1.99. The van der Waals surface area contributed by atoms with E-state index < -0.39 is 0 Å². The first-order chi connectivity index (χ1) is 13.1. The van der Waals surface area contributed by atoms with Gasteiger partial charge in [0.2, 0.25) is 0 Å². The highest BCUT2D eigenvalue weighted by Crippen LogP contribution is 2.21. The van der Waals surface area contributed by atoms with Crippen LogP contribution in [0.2, 0.25) is 0 Å². The van der Waals surface area contributed by atoms with Crippen LogP contribution in [0.3, 0.4) is 0 Å². The molecule has 0 saturated heterocycles. The molecule has 0 aliphatic rings. The molecule has 0 radical (unpaired) electrons. The molecule has 2 aromatic heterocycles. The van der Waals surface area contributed by atoms with Crippen molar-refractivity contribution in [2.24, 2.45) is 0 Å². The van der Waals surface area contributed by atoms with Gasteiger partial charge >= 0.3 is 0 Å². The van der Waals surface area contributed by atoms with Gasteiger partial charge in [-0.05, 0) is 31.2 Å². The van der Waals surface area contributed by atoms with Gasteiger partial charge in [0.25, 0.3) is 11.8 Å². The SMILES string of the molecule is CNC(=O)c1ccccc1C#CCNC(=O)c1sc(-n2cccc2)nc1C. The van der Waals surface area contributed by atoms with Crippen molar-refractivity contribution in [2.75, 3.05) is 13.6 Å². The zero-order valence-corrected chi connectivity index (χ0v) is 15.8. The van der Waals surface area contributed by atoms with Crippen molar-refractivity contribution in [3.8, 4) is 17.0 Å². The van der Waals surface area contributed by atoms with Crippen molar-refractivity contribution >= 4 is 23.2 Å². The highest BCUT2D eigenvalue weighted by molar-refractivity contribution is 7.16. The van der Waals surface area contributed by atoms with Gasteiger partial charge < -0.3 is 15.2 Å². The van der Waals surface area contributed by atoms with Gasteiger partial charge in [-0.15, -0.1) is 0 Å². The number of carbonyl (C=O) groups excluding carboxylic acids is 2. The van der Waals surface area contributed by atoms with E-state index in [2.05, 4.69) is 27.5 Å². The van der Waals surface area contributed by atoms with Crippen LogP contribution in [0.25, 0.3) is 5.13 Å². The third kappa shape index (κ3) is 4.25. The molecule has 7 heteroatoms. The maximum absolute atomic E-state index is 12.4. The minimum Gasteiger partial charge on any atom is -0.355 e. The predicted octanol–water partition coefficient (Wildman–Crippen LogP) is 2.38. The molecule has 27 heavy (non-hydrogen) atoms. The van der Waals surface area contributed by atoms with Crippen LogP contribution in [0.5, 0.6) is 0 Å². The molecule has 136 valence electrons. The average molecular weight is 378 g/mol. The van der Waals surface area contributed by atoms with Gasteiger partial charge in [0.15, 0.2) is 5.13 Å². The summed E-state index contributed by atoms with van der Waals surface area (Å²) >= 11 is 1.33. The Morgan fingerprint density at radius 2 is 1.89 bits per heavy atom. The molecule has 0 fully saturated rings. The molecule has 0 spiro atoms. The smallest absolute Gasteiger partial charge is 0.264 e. The van der Waals surface area contributed by atoms with Crippen LogP contribution in [-0.2, 0) is 0 Å². The molecule has 0 aliphatic heterocycles. The number of carbonyl (C=O) groups is 2. The van der Waals surface area contributed by atoms with Gasteiger partial charge in [0, 0.05) is 25.0 Å². The first-order valence-corrected chi connectivity index (χ1v) is 9.10. The summed E-state index contributed by atoms with van der Waals surface area (Å²) in [5, 5.41) is 6.11. The lowest BCUT2D eigenvalue weighted by atomic mass is 10.1. The lowest BCUT2D eigenvalue weighted by Gasteiger charge is -2.02. The summed E-state index contributed by atoms with van der Waals surface area (Å²) in [6.07, 6.45) is 3.77. The molecule has 0 aliphatic carbocycles. The predicted molar refractivity (Wildman–Crippen MR) is 105 cm³/mol. The Labute approximate surface area is 161 Å². The maximum atomic E-state index is 12.4. The van der Waals surface area contributed by atoms with Crippen molar-refractivity contribution in [3.63, 3.8) is 0 Å². The van der Waals surface area contributed by atoms with E-state index in [-0.39, 0.29) is 18.4 Å². The van der Waals surface area contributed by atoms with Crippen LogP contribution in [0, 0.1) is 18.8 Å². The van der Waals surface area contributed by atoms with E-state index in [0.717, 1.165) is 5.13 Å². The quantitative estimate of drug-likeness (QED) is 0.685. The highest BCUT2D eigenvalue weighted by atomic mass is 32.1. The zero-order valence-electron chi connectivity index (χ0n) is 14.9. The minimum absolute atomic E-state index is 0.178. The number of hydrogen-bond donors (Lipinski definition) is 2. The molecule has 0 saturated carbocycles. The third-order valence-corrected chi connectivity index (χ3v) is 4.95. The summed E-state index contributed by atoms with van der Waals surface area (Å²) in [7, 11) is 1.58. The topological polar surface area (TPSA) is 76.0 Å². The molecular formula is C20H18N4O2S. The van der Waals surface area contributed by atoms with Crippen molar-refractivity contribution in [1.29, 1.82) is 0 Å². The van der Waals surface area contributed by atoms with Crippen molar-refractivity contribution in [2.45, 2.75) is 6.92 Å². The summed E-state index contributed by atoms with van der Waals surface area (Å²) in [5.41, 5.74) is 1.81. The molecule has 2 amide bonds. The van der Waals surface area contributed by atoms with Gasteiger partial charge in [0.05, 0.1) is 17.8 Å². The molecule has 2 N–H and O–H groups in total. The molecule has 0 atom stereocenters. The number of nitrogens with zero attached hydrogens (tertiary/aromatic N) is 2. The zero-order chi connectivity index (χ0) is 19.2.